The molecule has 10 heteroatoms. The first-order valence-electron chi connectivity index (χ1n) is 7.11. The van der Waals surface area contributed by atoms with E-state index in [1.165, 1.54) is 25.1 Å². The van der Waals surface area contributed by atoms with Crippen molar-refractivity contribution in [1.29, 1.82) is 0 Å². The molecule has 0 unspecified atom stereocenters. The molecule has 0 spiro atoms. The molecule has 138 valence electrons. The van der Waals surface area contributed by atoms with Gasteiger partial charge in [-0.25, -0.2) is 0 Å². The average Bonchev–Trinajstić information content (AvgIpc) is 2.56. The normalized spacial score (nSPS) is 12.1. The standard InChI is InChI=1S/C16H12ClF3N2O4/c1-9-11(16(18,19)20)6-7-14(15(9)17)26-13-5-3-2-4-10(13)12(21-23)8-22(24)25/h2-7,23H,8H2,1H3/b21-12+. The van der Waals surface area contributed by atoms with Crippen LogP contribution in [0, 0.1) is 17.0 Å². The predicted octanol–water partition coefficient (Wildman–Crippen LogP) is 4.91. The molecule has 2 aromatic carbocycles. The second kappa shape index (κ2) is 7.61. The number of hydrogen-bond acceptors (Lipinski definition) is 5. The molecule has 2 rings (SSSR count). The number of hydrogen-bond donors (Lipinski definition) is 1. The van der Waals surface area contributed by atoms with Gasteiger partial charge in [-0.15, -0.1) is 0 Å². The van der Waals surface area contributed by atoms with E-state index >= 15 is 0 Å². The molecule has 0 amide bonds. The summed E-state index contributed by atoms with van der Waals surface area (Å²) in [6.45, 7) is 0.438. The fourth-order valence-corrected chi connectivity index (χ4v) is 2.45. The largest absolute Gasteiger partial charge is 0.455 e. The summed E-state index contributed by atoms with van der Waals surface area (Å²) >= 11 is 5.99. The molecule has 0 radical (unpaired) electrons. The van der Waals surface area contributed by atoms with Crippen molar-refractivity contribution in [2.24, 2.45) is 5.16 Å². The topological polar surface area (TPSA) is 85.0 Å². The summed E-state index contributed by atoms with van der Waals surface area (Å²) in [5.41, 5.74) is -1.27. The zero-order valence-corrected chi connectivity index (χ0v) is 14.0. The number of nitrogens with zero attached hydrogens (tertiary/aromatic N) is 2. The van der Waals surface area contributed by atoms with E-state index in [2.05, 4.69) is 5.16 Å². The summed E-state index contributed by atoms with van der Waals surface area (Å²) in [7, 11) is 0. The Morgan fingerprint density at radius 1 is 1.27 bits per heavy atom. The minimum atomic E-state index is -4.56. The summed E-state index contributed by atoms with van der Waals surface area (Å²) < 4.78 is 44.3. The first-order valence-corrected chi connectivity index (χ1v) is 7.49. The van der Waals surface area contributed by atoms with Crippen molar-refractivity contribution in [1.82, 2.24) is 0 Å². The van der Waals surface area contributed by atoms with Gasteiger partial charge in [-0.05, 0) is 36.8 Å². The molecule has 2 aromatic rings. The van der Waals surface area contributed by atoms with Crippen LogP contribution in [0.25, 0.3) is 0 Å². The quantitative estimate of drug-likeness (QED) is 0.341. The zero-order valence-electron chi connectivity index (χ0n) is 13.2. The molecule has 0 heterocycles. The molecule has 1 N–H and O–H groups in total. The molecule has 0 fully saturated rings. The number of nitro groups is 1. The number of oxime groups is 1. The van der Waals surface area contributed by atoms with Gasteiger partial charge in [0.25, 0.3) is 0 Å². The number of halogens is 4. The second-order valence-corrected chi connectivity index (χ2v) is 5.56. The van der Waals surface area contributed by atoms with Gasteiger partial charge in [-0.1, -0.05) is 28.9 Å². The molecule has 0 aliphatic carbocycles. The molecule has 0 saturated carbocycles. The van der Waals surface area contributed by atoms with Gasteiger partial charge in [0.15, 0.2) is 5.71 Å². The second-order valence-electron chi connectivity index (χ2n) is 5.18. The van der Waals surface area contributed by atoms with Crippen molar-refractivity contribution in [2.75, 3.05) is 6.54 Å². The Labute approximate surface area is 150 Å². The van der Waals surface area contributed by atoms with Crippen LogP contribution in [-0.4, -0.2) is 22.4 Å². The van der Waals surface area contributed by atoms with E-state index in [1.54, 1.807) is 6.07 Å². The van der Waals surface area contributed by atoms with Gasteiger partial charge in [0.2, 0.25) is 6.54 Å². The Bertz CT molecular complexity index is 869. The van der Waals surface area contributed by atoms with E-state index in [9.17, 15) is 23.3 Å². The SMILES string of the molecule is Cc1c(C(F)(F)F)ccc(Oc2ccccc2/C(C[N+](=O)[O-])=N/O)c1Cl. The maximum Gasteiger partial charge on any atom is 0.416 e. The lowest BCUT2D eigenvalue weighted by Crippen LogP contribution is -2.16. The summed E-state index contributed by atoms with van der Waals surface area (Å²) in [6, 6.07) is 7.80. The third kappa shape index (κ3) is 4.23. The van der Waals surface area contributed by atoms with Crippen LogP contribution < -0.4 is 4.74 Å². The number of rotatable bonds is 5. The fraction of sp³-hybridized carbons (Fsp3) is 0.188. The molecule has 0 saturated heterocycles. The van der Waals surface area contributed by atoms with Gasteiger partial charge < -0.3 is 9.94 Å². The zero-order chi connectivity index (χ0) is 19.5. The van der Waals surface area contributed by atoms with Crippen LogP contribution >= 0.6 is 11.6 Å². The molecule has 0 bridgehead atoms. The van der Waals surface area contributed by atoms with Gasteiger partial charge in [-0.2, -0.15) is 13.2 Å². The monoisotopic (exact) mass is 388 g/mol. The summed E-state index contributed by atoms with van der Waals surface area (Å²) in [5.74, 6) is -0.0220. The highest BCUT2D eigenvalue weighted by Crippen LogP contribution is 2.40. The van der Waals surface area contributed by atoms with Crippen molar-refractivity contribution < 1.29 is 28.0 Å². The van der Waals surface area contributed by atoms with E-state index in [-0.39, 0.29) is 33.4 Å². The number of ether oxygens (including phenoxy) is 1. The van der Waals surface area contributed by atoms with E-state index in [0.29, 0.717) is 0 Å². The predicted molar refractivity (Wildman–Crippen MR) is 87.9 cm³/mol. The van der Waals surface area contributed by atoms with E-state index in [1.807, 2.05) is 0 Å². The van der Waals surface area contributed by atoms with Gasteiger partial charge in [0.05, 0.1) is 10.6 Å². The summed E-state index contributed by atoms with van der Waals surface area (Å²) in [6.07, 6.45) is -4.56. The number of para-hydroxylation sites is 1. The van der Waals surface area contributed by atoms with Gasteiger partial charge >= 0.3 is 6.18 Å². The Morgan fingerprint density at radius 2 is 1.92 bits per heavy atom. The van der Waals surface area contributed by atoms with Crippen LogP contribution in [-0.2, 0) is 6.18 Å². The molecular weight excluding hydrogens is 377 g/mol. The highest BCUT2D eigenvalue weighted by Gasteiger charge is 2.33. The number of alkyl halides is 3. The van der Waals surface area contributed by atoms with E-state index < -0.39 is 23.2 Å². The molecule has 26 heavy (non-hydrogen) atoms. The molecule has 6 nitrogen and oxygen atoms in total. The van der Waals surface area contributed by atoms with Crippen molar-refractivity contribution in [3.8, 4) is 11.5 Å². The highest BCUT2D eigenvalue weighted by molar-refractivity contribution is 6.33. The van der Waals surface area contributed by atoms with E-state index in [4.69, 9.17) is 21.5 Å². The van der Waals surface area contributed by atoms with Crippen molar-refractivity contribution in [2.45, 2.75) is 13.1 Å². The minimum absolute atomic E-state index is 0.0446. The smallest absolute Gasteiger partial charge is 0.416 e. The Morgan fingerprint density at radius 3 is 2.50 bits per heavy atom. The Hall–Kier alpha value is -2.81. The Kier molecular flexibility index (Phi) is 5.71. The highest BCUT2D eigenvalue weighted by atomic mass is 35.5. The summed E-state index contributed by atoms with van der Waals surface area (Å²) in [5, 5.41) is 22.4. The van der Waals surface area contributed by atoms with Crippen LogP contribution in [0.4, 0.5) is 13.2 Å². The lowest BCUT2D eigenvalue weighted by Gasteiger charge is -2.16. The lowest BCUT2D eigenvalue weighted by atomic mass is 10.1. The first-order chi connectivity index (χ1) is 12.1. The third-order valence-electron chi connectivity index (χ3n) is 3.47. The maximum atomic E-state index is 12.9. The van der Waals surface area contributed by atoms with Crippen LogP contribution in [0.15, 0.2) is 41.6 Å². The van der Waals surface area contributed by atoms with Crippen LogP contribution in [0.5, 0.6) is 11.5 Å². The molecular formula is C16H12ClF3N2O4. The van der Waals surface area contributed by atoms with Crippen molar-refractivity contribution in [3.05, 3.63) is 68.2 Å². The molecule has 0 aliphatic heterocycles. The van der Waals surface area contributed by atoms with Crippen LogP contribution in [0.1, 0.15) is 16.7 Å². The Balaban J connectivity index is 2.45. The first kappa shape index (κ1) is 19.5. The van der Waals surface area contributed by atoms with Gasteiger partial charge in [0, 0.05) is 10.5 Å². The average molecular weight is 389 g/mol. The summed E-state index contributed by atoms with van der Waals surface area (Å²) in [4.78, 5) is 9.99. The van der Waals surface area contributed by atoms with Crippen LogP contribution in [0.3, 0.4) is 0 Å². The number of benzene rings is 2. The fourth-order valence-electron chi connectivity index (χ4n) is 2.25. The van der Waals surface area contributed by atoms with Crippen LogP contribution in [0.2, 0.25) is 5.02 Å². The molecule has 0 aromatic heterocycles. The minimum Gasteiger partial charge on any atom is -0.455 e. The maximum absolute atomic E-state index is 12.9. The molecule has 0 aliphatic rings. The van der Waals surface area contributed by atoms with E-state index in [0.717, 1.165) is 12.1 Å². The lowest BCUT2D eigenvalue weighted by molar-refractivity contribution is -0.463. The van der Waals surface area contributed by atoms with Gasteiger partial charge in [0.1, 0.15) is 11.5 Å². The van der Waals surface area contributed by atoms with Crippen molar-refractivity contribution in [3.63, 3.8) is 0 Å². The molecule has 0 atom stereocenters. The third-order valence-corrected chi connectivity index (χ3v) is 3.94. The van der Waals surface area contributed by atoms with Gasteiger partial charge in [-0.3, -0.25) is 10.1 Å². The van der Waals surface area contributed by atoms with Crippen molar-refractivity contribution >= 4 is 17.3 Å².